The minimum absolute atomic E-state index is 0.0987. The highest BCUT2D eigenvalue weighted by Gasteiger charge is 2.51. The van der Waals surface area contributed by atoms with Gasteiger partial charge in [-0.05, 0) is 45.3 Å². The van der Waals surface area contributed by atoms with Gasteiger partial charge in [0.2, 0.25) is 0 Å². The average Bonchev–Trinajstić information content (AvgIpc) is 2.98. The predicted octanol–water partition coefficient (Wildman–Crippen LogP) is 0.497. The third-order valence-corrected chi connectivity index (χ3v) is 4.42. The molecule has 0 amide bonds. The Bertz CT molecular complexity index is 887. The molecule has 6 nitrogen and oxygen atoms in total. The van der Waals surface area contributed by atoms with Crippen molar-refractivity contribution in [2.24, 2.45) is 9.98 Å². The van der Waals surface area contributed by atoms with Crippen LogP contribution in [0.3, 0.4) is 0 Å². The van der Waals surface area contributed by atoms with Gasteiger partial charge < -0.3 is 9.31 Å². The molecule has 0 atom stereocenters. The number of fused-ring (bicyclic) bond motifs is 1. The van der Waals surface area contributed by atoms with Crippen LogP contribution < -0.4 is 16.2 Å². The number of benzene rings is 1. The minimum Gasteiger partial charge on any atom is -0.399 e. The zero-order valence-electron chi connectivity index (χ0n) is 13.4. The maximum Gasteiger partial charge on any atom is 0.494 e. The summed E-state index contributed by atoms with van der Waals surface area (Å²) in [4.78, 5) is 8.46. The van der Waals surface area contributed by atoms with Crippen molar-refractivity contribution in [2.75, 3.05) is 0 Å². The quantitative estimate of drug-likeness (QED) is 0.558. The molecule has 0 radical (unpaired) electrons. The van der Waals surface area contributed by atoms with Gasteiger partial charge in [0, 0.05) is 0 Å². The van der Waals surface area contributed by atoms with E-state index in [2.05, 4.69) is 9.98 Å². The van der Waals surface area contributed by atoms with Gasteiger partial charge in [-0.1, -0.05) is 6.07 Å². The highest BCUT2D eigenvalue weighted by molar-refractivity contribution is 6.62. The average molecular weight is 306 g/mol. The second-order valence-corrected chi connectivity index (χ2v) is 6.48. The molecule has 0 spiro atoms. The van der Waals surface area contributed by atoms with Crippen molar-refractivity contribution >= 4 is 12.6 Å². The molecule has 23 heavy (non-hydrogen) atoms. The Balaban J connectivity index is 2.02. The van der Waals surface area contributed by atoms with Crippen molar-refractivity contribution in [1.82, 2.24) is 0 Å². The Morgan fingerprint density at radius 2 is 1.57 bits per heavy atom. The van der Waals surface area contributed by atoms with E-state index in [1.807, 2.05) is 39.8 Å². The van der Waals surface area contributed by atoms with Crippen molar-refractivity contribution in [3.05, 3.63) is 40.3 Å². The molecule has 7 heteroatoms. The molecule has 3 rings (SSSR count). The van der Waals surface area contributed by atoms with E-state index in [9.17, 15) is 0 Å². The van der Waals surface area contributed by atoms with E-state index in [0.29, 0.717) is 10.7 Å². The zero-order chi connectivity index (χ0) is 16.8. The summed E-state index contributed by atoms with van der Waals surface area (Å²) in [7, 11) is -0.486. The van der Waals surface area contributed by atoms with Gasteiger partial charge in [-0.25, -0.2) is 9.98 Å². The summed E-state index contributed by atoms with van der Waals surface area (Å²) < 4.78 is 12.0. The van der Waals surface area contributed by atoms with Gasteiger partial charge in [0.15, 0.2) is 11.4 Å². The van der Waals surface area contributed by atoms with Crippen molar-refractivity contribution < 1.29 is 9.31 Å². The van der Waals surface area contributed by atoms with E-state index in [1.54, 1.807) is 18.2 Å². The lowest BCUT2D eigenvalue weighted by Crippen LogP contribution is -2.41. The molecule has 0 aromatic heterocycles. The van der Waals surface area contributed by atoms with Gasteiger partial charge in [0.25, 0.3) is 0 Å². The van der Waals surface area contributed by atoms with Crippen molar-refractivity contribution in [3.8, 4) is 12.1 Å². The van der Waals surface area contributed by atoms with Crippen LogP contribution in [0, 0.1) is 22.7 Å². The molecular weight excluding hydrogens is 291 g/mol. The first-order chi connectivity index (χ1) is 10.8. The minimum atomic E-state index is -0.486. The lowest BCUT2D eigenvalue weighted by molar-refractivity contribution is 0.00578. The smallest absolute Gasteiger partial charge is 0.399 e. The number of nitrogens with zero attached hydrogens (tertiary/aromatic N) is 4. The molecule has 2 aliphatic heterocycles. The SMILES string of the molecule is CC1(C)OB(c2ccc3c(c2)=NC(=C(C#N)C#N)N=3)OC1(C)C. The molecule has 2 heterocycles. The second kappa shape index (κ2) is 5.02. The van der Waals surface area contributed by atoms with Crippen molar-refractivity contribution in [2.45, 2.75) is 38.9 Å². The molecule has 1 aromatic rings. The Morgan fingerprint density at radius 3 is 2.13 bits per heavy atom. The highest BCUT2D eigenvalue weighted by atomic mass is 16.7. The predicted molar refractivity (Wildman–Crippen MR) is 82.7 cm³/mol. The third-order valence-electron chi connectivity index (χ3n) is 4.42. The molecule has 1 saturated heterocycles. The molecule has 114 valence electrons. The van der Waals surface area contributed by atoms with Gasteiger partial charge in [-0.15, -0.1) is 0 Å². The van der Waals surface area contributed by atoms with E-state index < -0.39 is 18.3 Å². The summed E-state index contributed by atoms with van der Waals surface area (Å²) in [5.41, 5.74) is -0.104. The Labute approximate surface area is 134 Å². The van der Waals surface area contributed by atoms with Crippen molar-refractivity contribution in [3.63, 3.8) is 0 Å². The second-order valence-electron chi connectivity index (χ2n) is 6.48. The molecule has 0 N–H and O–H groups in total. The topological polar surface area (TPSA) is 90.8 Å². The molecule has 2 aliphatic rings. The van der Waals surface area contributed by atoms with Crippen LogP contribution in [-0.2, 0) is 9.31 Å². The van der Waals surface area contributed by atoms with Crippen molar-refractivity contribution in [1.29, 1.82) is 10.5 Å². The molecule has 0 aliphatic carbocycles. The largest absolute Gasteiger partial charge is 0.494 e. The van der Waals surface area contributed by atoms with E-state index in [-0.39, 0.29) is 11.4 Å². The fourth-order valence-electron chi connectivity index (χ4n) is 2.34. The first-order valence-electron chi connectivity index (χ1n) is 7.25. The highest BCUT2D eigenvalue weighted by Crippen LogP contribution is 2.36. The number of nitriles is 2. The van der Waals surface area contributed by atoms with E-state index in [1.165, 1.54) is 0 Å². The number of rotatable bonds is 1. The Kier molecular flexibility index (Phi) is 3.37. The first-order valence-corrected chi connectivity index (χ1v) is 7.25. The van der Waals surface area contributed by atoms with Crippen LogP contribution in [0.5, 0.6) is 0 Å². The van der Waals surface area contributed by atoms with E-state index >= 15 is 0 Å². The zero-order valence-corrected chi connectivity index (χ0v) is 13.4. The summed E-state index contributed by atoms with van der Waals surface area (Å²) >= 11 is 0. The molecule has 0 saturated carbocycles. The van der Waals surface area contributed by atoms with E-state index in [0.717, 1.165) is 5.46 Å². The fourth-order valence-corrected chi connectivity index (χ4v) is 2.34. The van der Waals surface area contributed by atoms with Crippen LogP contribution in [0.15, 0.2) is 39.6 Å². The fraction of sp³-hybridized carbons (Fsp3) is 0.375. The van der Waals surface area contributed by atoms with Gasteiger partial charge in [-0.2, -0.15) is 10.5 Å². The van der Waals surface area contributed by atoms with E-state index in [4.69, 9.17) is 19.8 Å². The maximum atomic E-state index is 8.92. The summed E-state index contributed by atoms with van der Waals surface area (Å²) in [5.74, 6) is 0.149. The van der Waals surface area contributed by atoms with Gasteiger partial charge in [-0.3, -0.25) is 0 Å². The van der Waals surface area contributed by atoms with Gasteiger partial charge in [0.05, 0.1) is 21.9 Å². The number of allylic oxidation sites excluding steroid dienone is 1. The number of hydrogen-bond acceptors (Lipinski definition) is 6. The van der Waals surface area contributed by atoms with Gasteiger partial charge in [0.1, 0.15) is 12.1 Å². The molecular formula is C16H15BN4O2. The molecule has 1 fully saturated rings. The molecule has 0 bridgehead atoms. The lowest BCUT2D eigenvalue weighted by Gasteiger charge is -2.32. The third kappa shape index (κ3) is 2.44. The van der Waals surface area contributed by atoms with Crippen LogP contribution in [0.1, 0.15) is 27.7 Å². The first kappa shape index (κ1) is 15.4. The van der Waals surface area contributed by atoms with Gasteiger partial charge >= 0.3 is 7.12 Å². The summed E-state index contributed by atoms with van der Waals surface area (Å²) in [6, 6.07) is 9.08. The summed E-state index contributed by atoms with van der Waals surface area (Å²) in [6.07, 6.45) is 0. The monoisotopic (exact) mass is 306 g/mol. The Hall–Kier alpha value is -2.48. The standard InChI is InChI=1S/C16H15BN4O2/c1-15(2)16(3,4)23-17(22-15)11-5-6-12-13(7-11)21-14(20-12)10(8-18)9-19/h5-7H,1-4H3. The molecule has 0 unspecified atom stereocenters. The summed E-state index contributed by atoms with van der Waals surface area (Å²) in [6.45, 7) is 7.97. The van der Waals surface area contributed by atoms with Crippen LogP contribution in [0.25, 0.3) is 0 Å². The maximum absolute atomic E-state index is 8.92. The lowest BCUT2D eigenvalue weighted by atomic mass is 9.79. The molecule has 1 aromatic carbocycles. The van der Waals surface area contributed by atoms with Crippen LogP contribution >= 0.6 is 0 Å². The summed E-state index contributed by atoms with van der Waals surface area (Å²) in [5, 5.41) is 19.1. The van der Waals surface area contributed by atoms with Crippen LogP contribution in [0.4, 0.5) is 0 Å². The van der Waals surface area contributed by atoms with Crippen LogP contribution in [-0.4, -0.2) is 18.3 Å². The Morgan fingerprint density at radius 1 is 1.00 bits per heavy atom. The van der Waals surface area contributed by atoms with Crippen LogP contribution in [0.2, 0.25) is 0 Å². The normalized spacial score (nSPS) is 20.1. The number of hydrogen-bond donors (Lipinski definition) is 0.